The minimum Gasteiger partial charge on any atom is -0.497 e. The zero-order valence-corrected chi connectivity index (χ0v) is 12.0. The summed E-state index contributed by atoms with van der Waals surface area (Å²) in [6.45, 7) is 0. The number of nitrogens with one attached hydrogen (secondary N) is 1. The maximum Gasteiger partial charge on any atom is 0.375 e. The number of benzene rings is 2. The third-order valence-corrected chi connectivity index (χ3v) is 3.65. The van der Waals surface area contributed by atoms with Gasteiger partial charge in [-0.15, -0.1) is 0 Å². The van der Waals surface area contributed by atoms with Crippen LogP contribution in [-0.4, -0.2) is 17.1 Å². The Morgan fingerprint density at radius 1 is 1.14 bits per heavy atom. The second-order valence-corrected chi connectivity index (χ2v) is 5.03. The predicted molar refractivity (Wildman–Crippen MR) is 82.9 cm³/mol. The number of hydrogen-bond donors (Lipinski definition) is 2. The molecule has 0 atom stereocenters. The van der Waals surface area contributed by atoms with E-state index in [1.807, 2.05) is 48.5 Å². The number of H-pyrrole nitrogens is 1. The highest BCUT2D eigenvalue weighted by Crippen LogP contribution is 2.24. The van der Waals surface area contributed by atoms with Crippen molar-refractivity contribution in [2.24, 2.45) is 0 Å². The number of para-hydroxylation sites is 2. The fraction of sp³-hybridized carbons (Fsp3) is 0.0588. The van der Waals surface area contributed by atoms with Crippen molar-refractivity contribution < 1.29 is 14.6 Å². The second-order valence-electron chi connectivity index (χ2n) is 5.03. The number of fused-ring (bicyclic) bond motifs is 2. The molecule has 5 heteroatoms. The van der Waals surface area contributed by atoms with Gasteiger partial charge in [0.15, 0.2) is 0 Å². The molecular formula is C17H14N3O2+. The maximum absolute atomic E-state index is 6.06. The highest BCUT2D eigenvalue weighted by atomic mass is 16.5. The molecule has 22 heavy (non-hydrogen) atoms. The first-order chi connectivity index (χ1) is 10.7. The van der Waals surface area contributed by atoms with Gasteiger partial charge >= 0.3 is 5.55 Å². The van der Waals surface area contributed by atoms with Crippen LogP contribution in [0.1, 0.15) is 0 Å². The number of ether oxygens (including phenoxy) is 1. The van der Waals surface area contributed by atoms with Crippen molar-refractivity contribution >= 4 is 22.0 Å². The van der Waals surface area contributed by atoms with E-state index in [-0.39, 0.29) is 0 Å². The molecule has 0 aliphatic rings. The Bertz CT molecular complexity index is 1010. The summed E-state index contributed by atoms with van der Waals surface area (Å²) >= 11 is 0. The van der Waals surface area contributed by atoms with E-state index in [2.05, 4.69) is 9.97 Å². The summed E-state index contributed by atoms with van der Waals surface area (Å²) in [7, 11) is 1.62. The SMILES string of the molecule is COc1ccc2cc(-c3nc4ccccc4[nH]3)c(=[NH2+])oc2c1. The van der Waals surface area contributed by atoms with Crippen molar-refractivity contribution in [3.8, 4) is 17.1 Å². The zero-order valence-electron chi connectivity index (χ0n) is 12.0. The molecule has 0 spiro atoms. The van der Waals surface area contributed by atoms with Crippen LogP contribution in [0, 0.1) is 0 Å². The van der Waals surface area contributed by atoms with Crippen molar-refractivity contribution in [1.29, 1.82) is 0 Å². The summed E-state index contributed by atoms with van der Waals surface area (Å²) in [5.74, 6) is 1.42. The van der Waals surface area contributed by atoms with Gasteiger partial charge in [0, 0.05) is 11.5 Å². The largest absolute Gasteiger partial charge is 0.497 e. The normalized spacial score (nSPS) is 11.1. The van der Waals surface area contributed by atoms with Crippen molar-refractivity contribution in [2.45, 2.75) is 0 Å². The average Bonchev–Trinajstić information content (AvgIpc) is 2.97. The Kier molecular flexibility index (Phi) is 2.72. The van der Waals surface area contributed by atoms with E-state index >= 15 is 0 Å². The number of hydrogen-bond acceptors (Lipinski definition) is 3. The lowest BCUT2D eigenvalue weighted by atomic mass is 10.1. The second kappa shape index (κ2) is 4.73. The summed E-state index contributed by atoms with van der Waals surface area (Å²) in [6.07, 6.45) is 0. The standard InChI is InChI=1S/C17H13N3O2/c1-21-11-7-6-10-8-12(16(18)22-15(10)9-11)17-19-13-4-2-3-5-14(13)20-17/h2-9,18H,1H3,(H,19,20)/p+1. The van der Waals surface area contributed by atoms with E-state index in [1.54, 1.807) is 7.11 Å². The minimum absolute atomic E-state index is 0.319. The first-order valence-corrected chi connectivity index (χ1v) is 6.90. The highest BCUT2D eigenvalue weighted by molar-refractivity contribution is 5.84. The molecule has 0 saturated carbocycles. The van der Waals surface area contributed by atoms with Crippen LogP contribution in [0.15, 0.2) is 52.9 Å². The topological polar surface area (TPSA) is 76.6 Å². The van der Waals surface area contributed by atoms with Gasteiger partial charge < -0.3 is 14.1 Å². The summed E-state index contributed by atoms with van der Waals surface area (Å²) in [5, 5.41) is 7.00. The van der Waals surface area contributed by atoms with Crippen LogP contribution in [0.25, 0.3) is 33.4 Å². The first kappa shape index (κ1) is 12.6. The molecule has 4 rings (SSSR count). The highest BCUT2D eigenvalue weighted by Gasteiger charge is 2.13. The van der Waals surface area contributed by atoms with Crippen molar-refractivity contribution in [2.75, 3.05) is 7.11 Å². The molecule has 108 valence electrons. The van der Waals surface area contributed by atoms with Gasteiger partial charge in [-0.25, -0.2) is 10.4 Å². The molecular weight excluding hydrogens is 278 g/mol. The molecule has 0 bridgehead atoms. The molecule has 2 aromatic carbocycles. The van der Waals surface area contributed by atoms with Crippen molar-refractivity contribution in [1.82, 2.24) is 9.97 Å². The van der Waals surface area contributed by atoms with Crippen LogP contribution < -0.4 is 15.7 Å². The number of rotatable bonds is 2. The smallest absolute Gasteiger partial charge is 0.375 e. The number of nitrogens with zero attached hydrogens (tertiary/aromatic N) is 1. The Morgan fingerprint density at radius 3 is 2.82 bits per heavy atom. The monoisotopic (exact) mass is 292 g/mol. The molecule has 0 radical (unpaired) electrons. The van der Waals surface area contributed by atoms with Gasteiger partial charge in [0.05, 0.1) is 18.1 Å². The van der Waals surface area contributed by atoms with E-state index in [0.717, 1.165) is 27.7 Å². The predicted octanol–water partition coefficient (Wildman–Crippen LogP) is 1.64. The Hall–Kier alpha value is -3.08. The quantitative estimate of drug-likeness (QED) is 0.589. The average molecular weight is 292 g/mol. The zero-order chi connectivity index (χ0) is 15.1. The van der Waals surface area contributed by atoms with Crippen LogP contribution in [0.3, 0.4) is 0 Å². The van der Waals surface area contributed by atoms with Gasteiger partial charge in [-0.2, -0.15) is 0 Å². The van der Waals surface area contributed by atoms with E-state index in [0.29, 0.717) is 17.0 Å². The fourth-order valence-electron chi connectivity index (χ4n) is 2.51. The third kappa shape index (κ3) is 1.95. The molecule has 0 amide bonds. The minimum atomic E-state index is 0.319. The van der Waals surface area contributed by atoms with Crippen LogP contribution in [0.4, 0.5) is 0 Å². The van der Waals surface area contributed by atoms with Gasteiger partial charge in [0.25, 0.3) is 0 Å². The lowest BCUT2D eigenvalue weighted by molar-refractivity contribution is -0.196. The summed E-state index contributed by atoms with van der Waals surface area (Å²) in [4.78, 5) is 7.83. The van der Waals surface area contributed by atoms with Crippen molar-refractivity contribution in [3.63, 3.8) is 0 Å². The van der Waals surface area contributed by atoms with Gasteiger partial charge in [-0.1, -0.05) is 12.1 Å². The summed E-state index contributed by atoms with van der Waals surface area (Å²) in [5.41, 5.74) is 3.60. The Balaban J connectivity index is 1.94. The van der Waals surface area contributed by atoms with Gasteiger partial charge in [-0.3, -0.25) is 0 Å². The first-order valence-electron chi connectivity index (χ1n) is 6.90. The molecule has 5 nitrogen and oxygen atoms in total. The molecule has 0 aliphatic heterocycles. The fourth-order valence-corrected chi connectivity index (χ4v) is 2.51. The molecule has 3 N–H and O–H groups in total. The van der Waals surface area contributed by atoms with Gasteiger partial charge in [0.2, 0.25) is 0 Å². The maximum atomic E-state index is 6.06. The summed E-state index contributed by atoms with van der Waals surface area (Å²) in [6, 6.07) is 15.4. The van der Waals surface area contributed by atoms with Gasteiger partial charge in [-0.05, 0) is 30.3 Å². The van der Waals surface area contributed by atoms with E-state index in [1.165, 1.54) is 0 Å². The number of methoxy groups -OCH3 is 1. The van der Waals surface area contributed by atoms with Gasteiger partial charge in [0.1, 0.15) is 22.7 Å². The lowest BCUT2D eigenvalue weighted by Gasteiger charge is -2.02. The van der Waals surface area contributed by atoms with Crippen LogP contribution in [0.5, 0.6) is 5.75 Å². The van der Waals surface area contributed by atoms with Crippen LogP contribution >= 0.6 is 0 Å². The number of nitrogens with two attached hydrogens (primary N) is 1. The lowest BCUT2D eigenvalue weighted by Crippen LogP contribution is -2.45. The van der Waals surface area contributed by atoms with E-state index in [9.17, 15) is 0 Å². The van der Waals surface area contributed by atoms with Crippen LogP contribution in [0.2, 0.25) is 0 Å². The number of aromatic nitrogens is 2. The Morgan fingerprint density at radius 2 is 2.00 bits per heavy atom. The molecule has 2 aromatic heterocycles. The summed E-state index contributed by atoms with van der Waals surface area (Å²) < 4.78 is 10.9. The van der Waals surface area contributed by atoms with E-state index in [4.69, 9.17) is 14.6 Å². The van der Waals surface area contributed by atoms with E-state index < -0.39 is 0 Å². The Labute approximate surface area is 125 Å². The van der Waals surface area contributed by atoms with Crippen LogP contribution in [-0.2, 0) is 0 Å². The molecule has 2 heterocycles. The third-order valence-electron chi connectivity index (χ3n) is 3.65. The number of imidazole rings is 1. The molecule has 0 aliphatic carbocycles. The molecule has 0 fully saturated rings. The van der Waals surface area contributed by atoms with Crippen molar-refractivity contribution in [3.05, 3.63) is 54.1 Å². The molecule has 4 aromatic rings. The molecule has 0 unspecified atom stereocenters. The number of aromatic amines is 1. The molecule has 0 saturated heterocycles.